The van der Waals surface area contributed by atoms with Crippen molar-refractivity contribution in [1.29, 1.82) is 0 Å². The maximum atomic E-state index is 14.3. The molecule has 1 fully saturated rings. The van der Waals surface area contributed by atoms with Crippen molar-refractivity contribution in [2.24, 2.45) is 22.9 Å². The molecule has 4 aromatic rings. The van der Waals surface area contributed by atoms with Gasteiger partial charge in [0.25, 0.3) is 5.69 Å². The highest BCUT2D eigenvalue weighted by atomic mass is 16.7. The summed E-state index contributed by atoms with van der Waals surface area (Å²) in [6.07, 6.45) is 6.73. The van der Waals surface area contributed by atoms with Gasteiger partial charge >= 0.3 is 12.2 Å². The number of aliphatic hydroxyl groups excluding tert-OH is 2. The summed E-state index contributed by atoms with van der Waals surface area (Å²) >= 11 is 0. The van der Waals surface area contributed by atoms with E-state index in [2.05, 4.69) is 18.0 Å². The summed E-state index contributed by atoms with van der Waals surface area (Å²) in [7, 11) is 1.64. The fraction of sp³-hybridized carbons (Fsp3) is 0.415. The van der Waals surface area contributed by atoms with E-state index in [1.807, 2.05) is 66.7 Å². The van der Waals surface area contributed by atoms with Crippen LogP contribution < -0.4 is 14.8 Å². The Labute approximate surface area is 402 Å². The summed E-state index contributed by atoms with van der Waals surface area (Å²) in [6.45, 7) is 4.86. The monoisotopic (exact) mass is 946 g/mol. The van der Waals surface area contributed by atoms with Gasteiger partial charge in [-0.05, 0) is 90.1 Å². The maximum absolute atomic E-state index is 14.3. The van der Waals surface area contributed by atoms with Crippen LogP contribution in [-0.2, 0) is 38.8 Å². The molecule has 2 amide bonds. The normalized spacial score (nSPS) is 21.7. The van der Waals surface area contributed by atoms with Gasteiger partial charge in [0.2, 0.25) is 5.79 Å². The minimum Gasteiger partial charge on any atom is -0.459 e. The first kappa shape index (κ1) is 50.3. The van der Waals surface area contributed by atoms with E-state index in [1.54, 1.807) is 37.4 Å². The van der Waals surface area contributed by atoms with E-state index in [9.17, 15) is 29.9 Å². The quantitative estimate of drug-likeness (QED) is 0.0261. The second kappa shape index (κ2) is 24.6. The Morgan fingerprint density at radius 3 is 2.30 bits per heavy atom. The number of carbonyl (C=O) groups is 2. The summed E-state index contributed by atoms with van der Waals surface area (Å²) in [4.78, 5) is 46.0. The van der Waals surface area contributed by atoms with E-state index in [4.69, 9.17) is 33.7 Å². The van der Waals surface area contributed by atoms with Gasteiger partial charge in [0, 0.05) is 56.8 Å². The largest absolute Gasteiger partial charge is 0.459 e. The number of carbonyl (C=O) groups excluding carboxylic acids is 2. The Morgan fingerprint density at radius 1 is 0.913 bits per heavy atom. The molecule has 0 bridgehead atoms. The average molecular weight is 947 g/mol. The molecule has 4 aromatic carbocycles. The maximum Gasteiger partial charge on any atom is 0.412 e. The lowest BCUT2D eigenvalue weighted by molar-refractivity contribution is -0.384. The van der Waals surface area contributed by atoms with Crippen LogP contribution in [0.25, 0.3) is 0 Å². The smallest absolute Gasteiger partial charge is 0.412 e. The molecule has 0 spiro atoms. The van der Waals surface area contributed by atoms with Crippen LogP contribution in [0.3, 0.4) is 0 Å². The van der Waals surface area contributed by atoms with Crippen LogP contribution in [0.1, 0.15) is 73.1 Å². The first-order chi connectivity index (χ1) is 33.6. The molecule has 1 aliphatic heterocycles. The van der Waals surface area contributed by atoms with E-state index in [0.717, 1.165) is 35.1 Å². The van der Waals surface area contributed by atoms with Crippen molar-refractivity contribution in [2.75, 3.05) is 40.1 Å². The fourth-order valence-corrected chi connectivity index (χ4v) is 9.78. The number of hydrogen-bond donors (Lipinski definition) is 3. The Kier molecular flexibility index (Phi) is 17.9. The minimum absolute atomic E-state index is 0.00257. The van der Waals surface area contributed by atoms with Crippen molar-refractivity contribution in [3.63, 3.8) is 0 Å². The van der Waals surface area contributed by atoms with Crippen molar-refractivity contribution >= 4 is 23.6 Å². The molecule has 7 rings (SSSR count). The predicted octanol–water partition coefficient (Wildman–Crippen LogP) is 9.00. The second-order valence-corrected chi connectivity index (χ2v) is 17.5. The molecule has 69 heavy (non-hydrogen) atoms. The average Bonchev–Trinajstić information content (AvgIpc) is 3.36. The highest BCUT2D eigenvalue weighted by Crippen LogP contribution is 2.62. The number of aliphatic hydroxyl groups is 2. The number of nitro groups is 1. The van der Waals surface area contributed by atoms with Crippen LogP contribution in [-0.4, -0.2) is 89.8 Å². The number of fused-ring (bicyclic) bond motifs is 2. The van der Waals surface area contributed by atoms with Crippen LogP contribution in [0.2, 0.25) is 0 Å². The topological polar surface area (TPSA) is 201 Å². The number of oxime groups is 1. The molecule has 3 aliphatic rings. The lowest BCUT2D eigenvalue weighted by atomic mass is 9.55. The van der Waals surface area contributed by atoms with Crippen LogP contribution in [0.4, 0.5) is 15.3 Å². The molecule has 0 aromatic heterocycles. The Morgan fingerprint density at radius 2 is 1.61 bits per heavy atom. The summed E-state index contributed by atoms with van der Waals surface area (Å²) in [5.41, 5.74) is 4.62. The Bertz CT molecular complexity index is 2400. The standard InChI is InChI=1S/C53H62N4O12/c1-3-28-66-53-48(56(2)52(61)65-30-29-64-35-38-16-8-5-9-17-38)33-46(55-67-36-39-20-22-41(23-21-39)57(62)63)44-31-40(18-10-12-26-58)43(19-11-13-27-59)49(50(44)53)45-32-42(24-25-47(45)69-53)68-51(60)54-34-37-14-6-4-7-15-37/h3-9,14-17,20-25,31-32,40,43,48-50,58-59H,1,10-13,18-19,26-30,33-36H2,2H3,(H,54,60)/t40-,43+,48-,49+,50+,53+/m0/s1. The lowest BCUT2D eigenvalue weighted by Gasteiger charge is -2.59. The van der Waals surface area contributed by atoms with E-state index in [-0.39, 0.29) is 76.0 Å². The Hall–Kier alpha value is -6.59. The zero-order valence-corrected chi connectivity index (χ0v) is 39.0. The number of rotatable bonds is 24. The van der Waals surface area contributed by atoms with Gasteiger partial charge in [0.15, 0.2) is 0 Å². The van der Waals surface area contributed by atoms with Gasteiger partial charge in [-0.1, -0.05) is 90.8 Å². The van der Waals surface area contributed by atoms with Gasteiger partial charge in [-0.25, -0.2) is 9.59 Å². The number of nitro benzene ring substituents is 1. The molecule has 2 aliphatic carbocycles. The molecule has 0 unspecified atom stereocenters. The molecule has 16 heteroatoms. The summed E-state index contributed by atoms with van der Waals surface area (Å²) in [6, 6.07) is 29.7. The molecule has 6 atom stereocenters. The number of nitrogens with one attached hydrogen (secondary N) is 1. The zero-order valence-electron chi connectivity index (χ0n) is 39.0. The number of nitrogens with zero attached hydrogens (tertiary/aromatic N) is 3. The molecule has 366 valence electrons. The third-order valence-corrected chi connectivity index (χ3v) is 13.0. The lowest BCUT2D eigenvalue weighted by Crippen LogP contribution is -2.69. The van der Waals surface area contributed by atoms with Crippen molar-refractivity contribution < 1.29 is 53.2 Å². The van der Waals surface area contributed by atoms with Gasteiger partial charge in [-0.3, -0.25) is 10.1 Å². The number of non-ortho nitro benzene ring substituents is 1. The van der Waals surface area contributed by atoms with Crippen LogP contribution in [0, 0.1) is 27.9 Å². The minimum atomic E-state index is -1.55. The van der Waals surface area contributed by atoms with E-state index in [1.165, 1.54) is 17.0 Å². The summed E-state index contributed by atoms with van der Waals surface area (Å²) in [5.74, 6) is -1.92. The van der Waals surface area contributed by atoms with Gasteiger partial charge in [-0.15, -0.1) is 6.58 Å². The number of unbranched alkanes of at least 4 members (excludes halogenated alkanes) is 2. The third-order valence-electron chi connectivity index (χ3n) is 13.0. The highest BCUT2D eigenvalue weighted by Gasteiger charge is 2.65. The van der Waals surface area contributed by atoms with Crippen LogP contribution in [0.15, 0.2) is 133 Å². The summed E-state index contributed by atoms with van der Waals surface area (Å²) < 4.78 is 31.7. The second-order valence-electron chi connectivity index (χ2n) is 17.5. The molecule has 1 heterocycles. The molecular weight excluding hydrogens is 885 g/mol. The van der Waals surface area contributed by atoms with E-state index < -0.39 is 34.9 Å². The SMILES string of the molecule is C=CCO[C@@]12Oc3ccc(OC(=O)NCc4ccccc4)cc3[C@H]3[C@H](CCCCO)[C@@H](CCCCO)C=C(C(=NOCc4ccc([N+](=O)[O-])cc4)C[C@@H]1N(C)C(=O)OCCOCc1ccccc1)[C@H]32. The van der Waals surface area contributed by atoms with Gasteiger partial charge in [0.1, 0.15) is 30.8 Å². The number of ether oxygens (including phenoxy) is 5. The van der Waals surface area contributed by atoms with Crippen molar-refractivity contribution in [2.45, 2.75) is 82.5 Å². The molecule has 16 nitrogen and oxygen atoms in total. The van der Waals surface area contributed by atoms with E-state index in [0.29, 0.717) is 55.1 Å². The zero-order chi connectivity index (χ0) is 48.6. The van der Waals surface area contributed by atoms with E-state index >= 15 is 0 Å². The number of amides is 2. The van der Waals surface area contributed by atoms with Crippen LogP contribution in [0.5, 0.6) is 11.5 Å². The molecule has 3 N–H and O–H groups in total. The first-order valence-electron chi connectivity index (χ1n) is 23.6. The van der Waals surface area contributed by atoms with Crippen LogP contribution >= 0.6 is 0 Å². The molecule has 0 saturated heterocycles. The van der Waals surface area contributed by atoms with Crippen molar-refractivity contribution in [1.82, 2.24) is 10.2 Å². The van der Waals surface area contributed by atoms with Gasteiger partial charge in [-0.2, -0.15) is 0 Å². The van der Waals surface area contributed by atoms with Crippen molar-refractivity contribution in [3.8, 4) is 11.5 Å². The predicted molar refractivity (Wildman–Crippen MR) is 257 cm³/mol. The first-order valence-corrected chi connectivity index (χ1v) is 23.6. The van der Waals surface area contributed by atoms with Gasteiger partial charge < -0.3 is 49.0 Å². The Balaban J connectivity index is 1.29. The molecule has 0 radical (unpaired) electrons. The fourth-order valence-electron chi connectivity index (χ4n) is 9.78. The molecule has 1 saturated carbocycles. The third kappa shape index (κ3) is 12.6. The molecular formula is C53H62N4O12. The number of hydrogen-bond acceptors (Lipinski definition) is 13. The number of benzene rings is 4. The highest BCUT2D eigenvalue weighted by molar-refractivity contribution is 6.03. The van der Waals surface area contributed by atoms with Crippen molar-refractivity contribution in [3.05, 3.63) is 160 Å². The van der Waals surface area contributed by atoms with Gasteiger partial charge in [0.05, 0.1) is 36.4 Å². The number of likely N-dealkylation sites (N-methyl/N-ethyl adjacent to an activating group) is 1. The summed E-state index contributed by atoms with van der Waals surface area (Å²) in [5, 5.41) is 38.9. The number of allylic oxidation sites excluding steroid dienone is 1.